The smallest absolute Gasteiger partial charge is 0.412 e. The average molecular weight is 461 g/mol. The third kappa shape index (κ3) is 4.59. The first kappa shape index (κ1) is 21.2. The SMILES string of the molecule is Cc1noc(C#Cc2ccc3cc(C4CC4)oc3c2)c1NC(=O)OC(C)c1ccccc1Cl. The summed E-state index contributed by atoms with van der Waals surface area (Å²) in [5, 5.41) is 8.21. The minimum atomic E-state index is -0.651. The van der Waals surface area contributed by atoms with Crippen LogP contribution >= 0.6 is 11.6 Å². The first-order valence-corrected chi connectivity index (χ1v) is 11.1. The summed E-state index contributed by atoms with van der Waals surface area (Å²) in [6.45, 7) is 3.47. The summed E-state index contributed by atoms with van der Waals surface area (Å²) in [6.07, 6.45) is 1.19. The van der Waals surface area contributed by atoms with Gasteiger partial charge in [0.25, 0.3) is 0 Å². The second-order valence-corrected chi connectivity index (χ2v) is 8.50. The molecule has 1 aliphatic carbocycles. The lowest BCUT2D eigenvalue weighted by Crippen LogP contribution is -2.17. The number of hydrogen-bond acceptors (Lipinski definition) is 5. The van der Waals surface area contributed by atoms with Gasteiger partial charge < -0.3 is 13.7 Å². The van der Waals surface area contributed by atoms with Crippen LogP contribution in [0.4, 0.5) is 10.5 Å². The summed E-state index contributed by atoms with van der Waals surface area (Å²) >= 11 is 6.19. The summed E-state index contributed by atoms with van der Waals surface area (Å²) in [5.41, 5.74) is 3.17. The second kappa shape index (κ2) is 8.68. The van der Waals surface area contributed by atoms with E-state index in [1.807, 2.05) is 36.4 Å². The van der Waals surface area contributed by atoms with E-state index in [9.17, 15) is 4.79 Å². The van der Waals surface area contributed by atoms with Gasteiger partial charge in [-0.2, -0.15) is 0 Å². The van der Waals surface area contributed by atoms with Gasteiger partial charge in [0, 0.05) is 27.5 Å². The van der Waals surface area contributed by atoms with Crippen LogP contribution in [0.1, 0.15) is 60.1 Å². The number of nitrogens with zero attached hydrogens (tertiary/aromatic N) is 1. The van der Waals surface area contributed by atoms with E-state index < -0.39 is 12.2 Å². The van der Waals surface area contributed by atoms with Crippen molar-refractivity contribution < 1.29 is 18.5 Å². The number of carbonyl (C=O) groups is 1. The highest BCUT2D eigenvalue weighted by Gasteiger charge is 2.27. The Morgan fingerprint density at radius 2 is 2.03 bits per heavy atom. The quantitative estimate of drug-likeness (QED) is 0.333. The number of aromatic nitrogens is 1. The molecule has 2 aromatic heterocycles. The summed E-state index contributed by atoms with van der Waals surface area (Å²) in [4.78, 5) is 12.5. The maximum Gasteiger partial charge on any atom is 0.412 e. The molecule has 6 nitrogen and oxygen atoms in total. The number of carbonyl (C=O) groups excluding carboxylic acids is 1. The number of amides is 1. The fourth-order valence-electron chi connectivity index (χ4n) is 3.59. The summed E-state index contributed by atoms with van der Waals surface area (Å²) < 4.78 is 16.8. The van der Waals surface area contributed by atoms with Crippen LogP contribution in [0.5, 0.6) is 0 Å². The molecule has 0 spiro atoms. The number of anilines is 1. The number of ether oxygens (including phenoxy) is 1. The molecule has 1 aliphatic rings. The average Bonchev–Trinajstić information content (AvgIpc) is 3.48. The van der Waals surface area contributed by atoms with Crippen molar-refractivity contribution in [2.45, 2.75) is 38.7 Å². The molecule has 1 unspecified atom stereocenters. The summed E-state index contributed by atoms with van der Waals surface area (Å²) in [5.74, 6) is 7.84. The topological polar surface area (TPSA) is 77.5 Å². The molecule has 33 heavy (non-hydrogen) atoms. The number of rotatable bonds is 4. The number of hydrogen-bond donors (Lipinski definition) is 1. The van der Waals surface area contributed by atoms with Crippen LogP contribution in [0, 0.1) is 18.8 Å². The minimum Gasteiger partial charge on any atom is -0.461 e. The molecule has 4 aromatic rings. The molecule has 1 saturated carbocycles. The van der Waals surface area contributed by atoms with Crippen molar-refractivity contribution in [3.05, 3.63) is 81.9 Å². The van der Waals surface area contributed by atoms with Crippen LogP contribution in [0.2, 0.25) is 5.02 Å². The predicted octanol–water partition coefficient (Wildman–Crippen LogP) is 6.97. The van der Waals surface area contributed by atoms with Crippen LogP contribution < -0.4 is 5.32 Å². The molecule has 1 N–H and O–H groups in total. The molecule has 1 amide bonds. The molecule has 1 atom stereocenters. The van der Waals surface area contributed by atoms with E-state index in [0.717, 1.165) is 27.9 Å². The molecule has 5 rings (SSSR count). The monoisotopic (exact) mass is 460 g/mol. The largest absolute Gasteiger partial charge is 0.461 e. The van der Waals surface area contributed by atoms with Gasteiger partial charge in [0.05, 0.1) is 0 Å². The standard InChI is InChI=1S/C26H21ClN2O4/c1-15-25(28-26(30)31-16(2)20-5-3-4-6-21(20)27)22(33-29-15)12-8-17-7-9-19-14-24(18-10-11-18)32-23(19)13-17/h3-7,9,13-14,16,18H,10-11H2,1-2H3,(H,28,30). The van der Waals surface area contributed by atoms with Gasteiger partial charge in [-0.1, -0.05) is 40.9 Å². The Morgan fingerprint density at radius 1 is 1.21 bits per heavy atom. The zero-order chi connectivity index (χ0) is 22.9. The third-order valence-electron chi connectivity index (χ3n) is 5.56. The molecular formula is C26H21ClN2O4. The highest BCUT2D eigenvalue weighted by molar-refractivity contribution is 6.31. The van der Waals surface area contributed by atoms with Crippen molar-refractivity contribution in [1.82, 2.24) is 5.16 Å². The van der Waals surface area contributed by atoms with Crippen LogP contribution in [0.3, 0.4) is 0 Å². The first-order chi connectivity index (χ1) is 16.0. The normalized spacial score (nSPS) is 13.9. The van der Waals surface area contributed by atoms with Crippen molar-refractivity contribution in [1.29, 1.82) is 0 Å². The van der Waals surface area contributed by atoms with Crippen molar-refractivity contribution in [2.75, 3.05) is 5.32 Å². The third-order valence-corrected chi connectivity index (χ3v) is 5.90. The number of fused-ring (bicyclic) bond motifs is 1. The van der Waals surface area contributed by atoms with Crippen LogP contribution in [-0.4, -0.2) is 11.2 Å². The summed E-state index contributed by atoms with van der Waals surface area (Å²) in [7, 11) is 0. The molecule has 1 fully saturated rings. The first-order valence-electron chi connectivity index (χ1n) is 10.7. The highest BCUT2D eigenvalue weighted by Crippen LogP contribution is 2.42. The molecule has 7 heteroatoms. The molecule has 0 radical (unpaired) electrons. The summed E-state index contributed by atoms with van der Waals surface area (Å²) in [6, 6.07) is 15.1. The maximum atomic E-state index is 12.5. The number of furan rings is 1. The van der Waals surface area contributed by atoms with E-state index >= 15 is 0 Å². The van der Waals surface area contributed by atoms with Crippen molar-refractivity contribution in [2.24, 2.45) is 0 Å². The Morgan fingerprint density at radius 3 is 2.82 bits per heavy atom. The Balaban J connectivity index is 1.31. The van der Waals surface area contributed by atoms with E-state index in [0.29, 0.717) is 22.3 Å². The lowest BCUT2D eigenvalue weighted by atomic mass is 10.1. The Hall–Kier alpha value is -3.69. The van der Waals surface area contributed by atoms with Gasteiger partial charge in [-0.3, -0.25) is 5.32 Å². The van der Waals surface area contributed by atoms with Crippen LogP contribution in [-0.2, 0) is 4.74 Å². The van der Waals surface area contributed by atoms with Crippen LogP contribution in [0.25, 0.3) is 11.0 Å². The number of aryl methyl sites for hydroxylation is 1. The fourth-order valence-corrected chi connectivity index (χ4v) is 3.88. The lowest BCUT2D eigenvalue weighted by Gasteiger charge is -2.15. The number of nitrogens with one attached hydrogen (secondary N) is 1. The number of halogens is 1. The molecule has 2 heterocycles. The Bertz CT molecular complexity index is 1400. The van der Waals surface area contributed by atoms with E-state index in [2.05, 4.69) is 28.4 Å². The Kier molecular flexibility index (Phi) is 5.57. The van der Waals surface area contributed by atoms with Gasteiger partial charge in [-0.05, 0) is 62.9 Å². The molecule has 2 aromatic carbocycles. The lowest BCUT2D eigenvalue weighted by molar-refractivity contribution is 0.121. The second-order valence-electron chi connectivity index (χ2n) is 8.09. The van der Waals surface area contributed by atoms with Crippen molar-refractivity contribution >= 4 is 34.4 Å². The van der Waals surface area contributed by atoms with Gasteiger partial charge in [0.15, 0.2) is 0 Å². The molecule has 0 bridgehead atoms. The zero-order valence-electron chi connectivity index (χ0n) is 18.1. The van der Waals surface area contributed by atoms with Crippen molar-refractivity contribution in [3.8, 4) is 11.8 Å². The van der Waals surface area contributed by atoms with Gasteiger partial charge in [0.2, 0.25) is 5.76 Å². The molecule has 0 saturated heterocycles. The van der Waals surface area contributed by atoms with E-state index in [1.165, 1.54) is 12.8 Å². The Labute approximate surface area is 195 Å². The highest BCUT2D eigenvalue weighted by atomic mass is 35.5. The number of benzene rings is 2. The van der Waals surface area contributed by atoms with Crippen molar-refractivity contribution in [3.63, 3.8) is 0 Å². The maximum absolute atomic E-state index is 12.5. The molecule has 0 aliphatic heterocycles. The minimum absolute atomic E-state index is 0.244. The van der Waals surface area contributed by atoms with E-state index in [1.54, 1.807) is 19.9 Å². The fraction of sp³-hybridized carbons (Fsp3) is 0.231. The van der Waals surface area contributed by atoms with Crippen LogP contribution in [0.15, 0.2) is 57.5 Å². The molecular weight excluding hydrogens is 440 g/mol. The van der Waals surface area contributed by atoms with Gasteiger partial charge in [0.1, 0.15) is 28.8 Å². The van der Waals surface area contributed by atoms with Gasteiger partial charge in [-0.15, -0.1) is 0 Å². The van der Waals surface area contributed by atoms with Gasteiger partial charge >= 0.3 is 6.09 Å². The predicted molar refractivity (Wildman–Crippen MR) is 125 cm³/mol. The molecule has 166 valence electrons. The van der Waals surface area contributed by atoms with E-state index in [-0.39, 0.29) is 5.76 Å². The van der Waals surface area contributed by atoms with Gasteiger partial charge in [-0.25, -0.2) is 4.79 Å². The van der Waals surface area contributed by atoms with E-state index in [4.69, 9.17) is 25.3 Å². The zero-order valence-corrected chi connectivity index (χ0v) is 18.9.